The molecular weight excluding hydrogens is 174 g/mol. The first kappa shape index (κ1) is 10.5. The van der Waals surface area contributed by atoms with Crippen molar-refractivity contribution in [1.29, 1.82) is 5.26 Å². The predicted octanol–water partition coefficient (Wildman–Crippen LogP) is 2.88. The molecule has 2 heteroatoms. The molecule has 14 heavy (non-hydrogen) atoms. The first-order valence-electron chi connectivity index (χ1n) is 4.61. The number of hydrogen-bond donors (Lipinski definition) is 0. The van der Waals surface area contributed by atoms with Gasteiger partial charge in [0.05, 0.1) is 11.6 Å². The van der Waals surface area contributed by atoms with Crippen molar-refractivity contribution in [3.63, 3.8) is 0 Å². The van der Waals surface area contributed by atoms with Crippen LogP contribution in [0.2, 0.25) is 0 Å². The van der Waals surface area contributed by atoms with Gasteiger partial charge in [-0.2, -0.15) is 5.26 Å². The fraction of sp³-hybridized carbons (Fsp3) is 0.333. The number of nitrogens with zero attached hydrogens (tertiary/aromatic N) is 1. The molecule has 1 aromatic rings. The van der Waals surface area contributed by atoms with E-state index < -0.39 is 0 Å². The minimum atomic E-state index is -0.00296. The van der Waals surface area contributed by atoms with Crippen molar-refractivity contribution in [2.75, 3.05) is 0 Å². The molecule has 0 aliphatic carbocycles. The van der Waals surface area contributed by atoms with E-state index in [0.717, 1.165) is 5.56 Å². The van der Waals surface area contributed by atoms with Crippen molar-refractivity contribution < 1.29 is 4.79 Å². The second-order valence-electron chi connectivity index (χ2n) is 3.62. The van der Waals surface area contributed by atoms with E-state index >= 15 is 0 Å². The molecule has 0 spiro atoms. The quantitative estimate of drug-likeness (QED) is 0.668. The van der Waals surface area contributed by atoms with E-state index in [1.807, 2.05) is 19.9 Å². The zero-order valence-electron chi connectivity index (χ0n) is 8.66. The van der Waals surface area contributed by atoms with Crippen LogP contribution in [0.4, 0.5) is 0 Å². The van der Waals surface area contributed by atoms with Crippen LogP contribution in [0.1, 0.15) is 48.2 Å². The molecule has 0 amide bonds. The molecule has 0 bridgehead atoms. The smallest absolute Gasteiger partial charge is 0.159 e. The molecule has 0 aromatic heterocycles. The van der Waals surface area contributed by atoms with Crippen LogP contribution in [0.25, 0.3) is 0 Å². The third-order valence-corrected chi connectivity index (χ3v) is 2.20. The van der Waals surface area contributed by atoms with Gasteiger partial charge in [0.15, 0.2) is 5.78 Å². The van der Waals surface area contributed by atoms with E-state index in [1.165, 1.54) is 6.92 Å². The number of carbonyl (C=O) groups is 1. The monoisotopic (exact) mass is 187 g/mol. The number of benzene rings is 1. The molecule has 0 unspecified atom stereocenters. The van der Waals surface area contributed by atoms with Crippen LogP contribution < -0.4 is 0 Å². The predicted molar refractivity (Wildman–Crippen MR) is 55.3 cm³/mol. The van der Waals surface area contributed by atoms with Gasteiger partial charge >= 0.3 is 0 Å². The normalized spacial score (nSPS) is 9.93. The van der Waals surface area contributed by atoms with Crippen molar-refractivity contribution in [3.05, 3.63) is 34.9 Å². The molecule has 72 valence electrons. The van der Waals surface area contributed by atoms with Gasteiger partial charge in [-0.05, 0) is 24.5 Å². The Kier molecular flexibility index (Phi) is 3.03. The van der Waals surface area contributed by atoms with Crippen LogP contribution in [0.5, 0.6) is 0 Å². The molecule has 0 saturated heterocycles. The molecular formula is C12H13NO. The average Bonchev–Trinajstić information content (AvgIpc) is 2.16. The van der Waals surface area contributed by atoms with Crippen molar-refractivity contribution in [2.45, 2.75) is 26.7 Å². The van der Waals surface area contributed by atoms with Crippen LogP contribution in [0, 0.1) is 11.3 Å². The lowest BCUT2D eigenvalue weighted by atomic mass is 9.95. The van der Waals surface area contributed by atoms with Gasteiger partial charge in [-0.15, -0.1) is 0 Å². The summed E-state index contributed by atoms with van der Waals surface area (Å²) in [6.45, 7) is 5.57. The molecule has 0 heterocycles. The Labute approximate surface area is 84.2 Å². The van der Waals surface area contributed by atoms with Crippen LogP contribution in [-0.4, -0.2) is 5.78 Å². The SMILES string of the molecule is CC(=O)c1ccc(C(C)C)c(C#N)c1. The maximum absolute atomic E-state index is 11.1. The summed E-state index contributed by atoms with van der Waals surface area (Å²) in [7, 11) is 0. The van der Waals surface area contributed by atoms with Gasteiger partial charge in [-0.3, -0.25) is 4.79 Å². The minimum Gasteiger partial charge on any atom is -0.295 e. The minimum absolute atomic E-state index is 0.00296. The van der Waals surface area contributed by atoms with Gasteiger partial charge in [0, 0.05) is 5.56 Å². The number of ketones is 1. The van der Waals surface area contributed by atoms with Crippen LogP contribution in [-0.2, 0) is 0 Å². The lowest BCUT2D eigenvalue weighted by molar-refractivity contribution is 0.101. The third-order valence-electron chi connectivity index (χ3n) is 2.20. The number of nitriles is 1. The van der Waals surface area contributed by atoms with Gasteiger partial charge in [-0.25, -0.2) is 0 Å². The Morgan fingerprint density at radius 1 is 1.43 bits per heavy atom. The van der Waals surface area contributed by atoms with E-state index in [9.17, 15) is 4.79 Å². The summed E-state index contributed by atoms with van der Waals surface area (Å²) in [4.78, 5) is 11.1. The van der Waals surface area contributed by atoms with Gasteiger partial charge in [0.25, 0.3) is 0 Å². The Balaban J connectivity index is 3.27. The maximum atomic E-state index is 11.1. The summed E-state index contributed by atoms with van der Waals surface area (Å²) >= 11 is 0. The Morgan fingerprint density at radius 2 is 2.07 bits per heavy atom. The molecule has 0 fully saturated rings. The lowest BCUT2D eigenvalue weighted by Crippen LogP contribution is -1.98. The van der Waals surface area contributed by atoms with Crippen molar-refractivity contribution in [1.82, 2.24) is 0 Å². The zero-order chi connectivity index (χ0) is 10.7. The molecule has 0 N–H and O–H groups in total. The van der Waals surface area contributed by atoms with E-state index in [0.29, 0.717) is 17.0 Å². The summed E-state index contributed by atoms with van der Waals surface area (Å²) in [5, 5.41) is 8.91. The van der Waals surface area contributed by atoms with E-state index in [4.69, 9.17) is 5.26 Å². The molecule has 0 aliphatic rings. The standard InChI is InChI=1S/C12H13NO/c1-8(2)12-5-4-10(9(3)14)6-11(12)7-13/h4-6,8H,1-3H3. The Morgan fingerprint density at radius 3 is 2.50 bits per heavy atom. The maximum Gasteiger partial charge on any atom is 0.159 e. The van der Waals surface area contributed by atoms with E-state index in [-0.39, 0.29) is 5.78 Å². The summed E-state index contributed by atoms with van der Waals surface area (Å²) in [6, 6.07) is 7.42. The van der Waals surface area contributed by atoms with Gasteiger partial charge in [0.1, 0.15) is 0 Å². The first-order chi connectivity index (χ1) is 6.56. The highest BCUT2D eigenvalue weighted by molar-refractivity contribution is 5.94. The molecule has 1 rings (SSSR count). The summed E-state index contributed by atoms with van der Waals surface area (Å²) in [6.07, 6.45) is 0. The Bertz CT molecular complexity index is 399. The summed E-state index contributed by atoms with van der Waals surface area (Å²) in [5.41, 5.74) is 2.20. The molecule has 0 saturated carbocycles. The summed E-state index contributed by atoms with van der Waals surface area (Å²) < 4.78 is 0. The molecule has 0 aliphatic heterocycles. The van der Waals surface area contributed by atoms with E-state index in [2.05, 4.69) is 6.07 Å². The highest BCUT2D eigenvalue weighted by Gasteiger charge is 2.08. The van der Waals surface area contributed by atoms with Gasteiger partial charge < -0.3 is 0 Å². The molecule has 0 atom stereocenters. The number of hydrogen-bond acceptors (Lipinski definition) is 2. The molecule has 1 aromatic carbocycles. The topological polar surface area (TPSA) is 40.9 Å². The van der Waals surface area contributed by atoms with Gasteiger partial charge in [0.2, 0.25) is 0 Å². The number of Topliss-reactive ketones (excluding diaryl/α,β-unsaturated/α-hetero) is 1. The lowest BCUT2D eigenvalue weighted by Gasteiger charge is -2.08. The molecule has 0 radical (unpaired) electrons. The fourth-order valence-corrected chi connectivity index (χ4v) is 1.38. The second kappa shape index (κ2) is 4.06. The highest BCUT2D eigenvalue weighted by Crippen LogP contribution is 2.20. The third kappa shape index (κ3) is 2.00. The largest absolute Gasteiger partial charge is 0.295 e. The second-order valence-corrected chi connectivity index (χ2v) is 3.62. The van der Waals surface area contributed by atoms with Crippen LogP contribution >= 0.6 is 0 Å². The van der Waals surface area contributed by atoms with Crippen molar-refractivity contribution in [3.8, 4) is 6.07 Å². The Hall–Kier alpha value is -1.62. The van der Waals surface area contributed by atoms with Crippen LogP contribution in [0.15, 0.2) is 18.2 Å². The first-order valence-corrected chi connectivity index (χ1v) is 4.61. The average molecular weight is 187 g/mol. The van der Waals surface area contributed by atoms with Gasteiger partial charge in [-0.1, -0.05) is 26.0 Å². The van der Waals surface area contributed by atoms with Crippen molar-refractivity contribution in [2.24, 2.45) is 0 Å². The number of carbonyl (C=O) groups excluding carboxylic acids is 1. The molecule has 2 nitrogen and oxygen atoms in total. The van der Waals surface area contributed by atoms with Crippen molar-refractivity contribution >= 4 is 5.78 Å². The fourth-order valence-electron chi connectivity index (χ4n) is 1.38. The van der Waals surface area contributed by atoms with E-state index in [1.54, 1.807) is 12.1 Å². The summed E-state index contributed by atoms with van der Waals surface area (Å²) in [5.74, 6) is 0.308. The highest BCUT2D eigenvalue weighted by atomic mass is 16.1. The zero-order valence-corrected chi connectivity index (χ0v) is 8.66. The number of rotatable bonds is 2. The van der Waals surface area contributed by atoms with Crippen LogP contribution in [0.3, 0.4) is 0 Å².